The molecule has 4 heteroatoms. The molecule has 0 radical (unpaired) electrons. The van der Waals surface area contributed by atoms with Crippen molar-refractivity contribution in [1.82, 2.24) is 9.55 Å². The van der Waals surface area contributed by atoms with Gasteiger partial charge in [0.1, 0.15) is 0 Å². The normalized spacial score (nSPS) is 18.5. The van der Waals surface area contributed by atoms with Gasteiger partial charge in [-0.1, -0.05) is 0 Å². The number of rotatable bonds is 4. The van der Waals surface area contributed by atoms with Gasteiger partial charge < -0.3 is 14.8 Å². The van der Waals surface area contributed by atoms with Crippen molar-refractivity contribution < 1.29 is 0 Å². The van der Waals surface area contributed by atoms with E-state index in [1.807, 2.05) is 6.20 Å². The van der Waals surface area contributed by atoms with Crippen molar-refractivity contribution in [3.8, 4) is 0 Å². The highest BCUT2D eigenvalue weighted by atomic mass is 15.2. The number of hydrogen-bond donors (Lipinski definition) is 1. The van der Waals surface area contributed by atoms with Crippen LogP contribution in [0.15, 0.2) is 36.7 Å². The van der Waals surface area contributed by atoms with E-state index < -0.39 is 0 Å². The molecule has 1 saturated heterocycles. The SMILES string of the molecule is c1cn(C2CC2)c(Nc2ccc(N3CCCC3)cc2)n1. The quantitative estimate of drug-likeness (QED) is 0.920. The maximum absolute atomic E-state index is 4.41. The van der Waals surface area contributed by atoms with Crippen LogP contribution in [0, 0.1) is 0 Å². The van der Waals surface area contributed by atoms with Crippen LogP contribution >= 0.6 is 0 Å². The summed E-state index contributed by atoms with van der Waals surface area (Å²) in [5, 5.41) is 3.42. The molecule has 0 amide bonds. The lowest BCUT2D eigenvalue weighted by molar-refractivity contribution is 0.751. The van der Waals surface area contributed by atoms with Gasteiger partial charge in [-0.2, -0.15) is 0 Å². The Kier molecular flexibility index (Phi) is 2.87. The first-order chi connectivity index (χ1) is 9.90. The van der Waals surface area contributed by atoms with Gasteiger partial charge in [-0.05, 0) is 49.9 Å². The maximum atomic E-state index is 4.41. The molecule has 20 heavy (non-hydrogen) atoms. The van der Waals surface area contributed by atoms with Crippen molar-refractivity contribution >= 4 is 17.3 Å². The van der Waals surface area contributed by atoms with Crippen LogP contribution in [0.2, 0.25) is 0 Å². The molecule has 1 aliphatic heterocycles. The maximum Gasteiger partial charge on any atom is 0.207 e. The minimum atomic E-state index is 0.656. The van der Waals surface area contributed by atoms with Gasteiger partial charge in [-0.15, -0.1) is 0 Å². The number of nitrogens with zero attached hydrogens (tertiary/aromatic N) is 3. The molecule has 0 spiro atoms. The number of anilines is 3. The second-order valence-corrected chi connectivity index (χ2v) is 5.76. The Labute approximate surface area is 119 Å². The van der Waals surface area contributed by atoms with Crippen LogP contribution in [-0.2, 0) is 0 Å². The topological polar surface area (TPSA) is 33.1 Å². The van der Waals surface area contributed by atoms with Crippen LogP contribution in [-0.4, -0.2) is 22.6 Å². The van der Waals surface area contributed by atoms with E-state index in [0.29, 0.717) is 6.04 Å². The summed E-state index contributed by atoms with van der Waals surface area (Å²) in [7, 11) is 0. The summed E-state index contributed by atoms with van der Waals surface area (Å²) in [6, 6.07) is 9.37. The van der Waals surface area contributed by atoms with Crippen molar-refractivity contribution in [2.45, 2.75) is 31.7 Å². The fourth-order valence-electron chi connectivity index (χ4n) is 2.92. The molecule has 104 valence electrons. The number of nitrogens with one attached hydrogen (secondary N) is 1. The largest absolute Gasteiger partial charge is 0.372 e. The van der Waals surface area contributed by atoms with Gasteiger partial charge >= 0.3 is 0 Å². The van der Waals surface area contributed by atoms with E-state index in [4.69, 9.17) is 0 Å². The van der Waals surface area contributed by atoms with Crippen LogP contribution in [0.3, 0.4) is 0 Å². The summed E-state index contributed by atoms with van der Waals surface area (Å²) in [6.45, 7) is 2.39. The molecular weight excluding hydrogens is 248 g/mol. The van der Waals surface area contributed by atoms with Crippen molar-refractivity contribution in [1.29, 1.82) is 0 Å². The molecule has 1 saturated carbocycles. The first-order valence-electron chi connectivity index (χ1n) is 7.55. The molecule has 2 fully saturated rings. The number of benzene rings is 1. The molecule has 2 aliphatic rings. The van der Waals surface area contributed by atoms with E-state index in [-0.39, 0.29) is 0 Å². The minimum Gasteiger partial charge on any atom is -0.372 e. The summed E-state index contributed by atoms with van der Waals surface area (Å²) in [6.07, 6.45) is 9.13. The van der Waals surface area contributed by atoms with E-state index in [1.54, 1.807) is 0 Å². The van der Waals surface area contributed by atoms with Gasteiger partial charge in [0.25, 0.3) is 0 Å². The van der Waals surface area contributed by atoms with E-state index in [2.05, 4.69) is 50.2 Å². The molecule has 0 unspecified atom stereocenters. The molecule has 2 heterocycles. The van der Waals surface area contributed by atoms with Crippen LogP contribution < -0.4 is 10.2 Å². The van der Waals surface area contributed by atoms with Crippen LogP contribution in [0.5, 0.6) is 0 Å². The second kappa shape index (κ2) is 4.85. The van der Waals surface area contributed by atoms with Crippen LogP contribution in [0.25, 0.3) is 0 Å². The number of hydrogen-bond acceptors (Lipinski definition) is 3. The average molecular weight is 268 g/mol. The molecule has 1 aromatic heterocycles. The predicted octanol–water partition coefficient (Wildman–Crippen LogP) is 3.56. The monoisotopic (exact) mass is 268 g/mol. The summed E-state index contributed by atoms with van der Waals surface area (Å²) < 4.78 is 2.24. The summed E-state index contributed by atoms with van der Waals surface area (Å²) >= 11 is 0. The zero-order valence-corrected chi connectivity index (χ0v) is 11.6. The summed E-state index contributed by atoms with van der Waals surface area (Å²) in [5.74, 6) is 0.960. The Morgan fingerprint density at radius 3 is 2.50 bits per heavy atom. The molecule has 0 bridgehead atoms. The van der Waals surface area contributed by atoms with Gasteiger partial charge in [-0.25, -0.2) is 4.98 Å². The van der Waals surface area contributed by atoms with Gasteiger partial charge in [0.2, 0.25) is 5.95 Å². The Morgan fingerprint density at radius 2 is 1.80 bits per heavy atom. The fraction of sp³-hybridized carbons (Fsp3) is 0.438. The van der Waals surface area contributed by atoms with Crippen molar-refractivity contribution in [2.24, 2.45) is 0 Å². The number of aromatic nitrogens is 2. The second-order valence-electron chi connectivity index (χ2n) is 5.76. The molecule has 2 aromatic rings. The first-order valence-corrected chi connectivity index (χ1v) is 7.55. The van der Waals surface area contributed by atoms with Crippen molar-refractivity contribution in [2.75, 3.05) is 23.3 Å². The lowest BCUT2D eigenvalue weighted by atomic mass is 10.2. The third kappa shape index (κ3) is 2.26. The number of imidazole rings is 1. The van der Waals surface area contributed by atoms with E-state index >= 15 is 0 Å². The highest BCUT2D eigenvalue weighted by Gasteiger charge is 2.25. The Morgan fingerprint density at radius 1 is 1.05 bits per heavy atom. The minimum absolute atomic E-state index is 0.656. The lowest BCUT2D eigenvalue weighted by Gasteiger charge is -2.18. The Bertz CT molecular complexity index is 577. The average Bonchev–Trinajstić information content (AvgIpc) is 3.00. The van der Waals surface area contributed by atoms with Gasteiger partial charge in [0.15, 0.2) is 0 Å². The van der Waals surface area contributed by atoms with Gasteiger partial charge in [0, 0.05) is 42.9 Å². The fourth-order valence-corrected chi connectivity index (χ4v) is 2.92. The van der Waals surface area contributed by atoms with Crippen LogP contribution in [0.1, 0.15) is 31.7 Å². The molecule has 1 N–H and O–H groups in total. The highest BCUT2D eigenvalue weighted by molar-refractivity contribution is 5.59. The first kappa shape index (κ1) is 11.8. The predicted molar refractivity (Wildman–Crippen MR) is 81.7 cm³/mol. The van der Waals surface area contributed by atoms with Crippen LogP contribution in [0.4, 0.5) is 17.3 Å². The summed E-state index contributed by atoms with van der Waals surface area (Å²) in [4.78, 5) is 6.87. The van der Waals surface area contributed by atoms with E-state index in [0.717, 1.165) is 11.6 Å². The molecular formula is C16H20N4. The molecule has 4 nitrogen and oxygen atoms in total. The van der Waals surface area contributed by atoms with E-state index in [9.17, 15) is 0 Å². The zero-order chi connectivity index (χ0) is 13.4. The molecule has 4 rings (SSSR count). The molecule has 1 aromatic carbocycles. The summed E-state index contributed by atoms with van der Waals surface area (Å²) in [5.41, 5.74) is 2.44. The lowest BCUT2D eigenvalue weighted by Crippen LogP contribution is -2.17. The molecule has 1 aliphatic carbocycles. The zero-order valence-electron chi connectivity index (χ0n) is 11.6. The van der Waals surface area contributed by atoms with Gasteiger partial charge in [-0.3, -0.25) is 0 Å². The Hall–Kier alpha value is -1.97. The van der Waals surface area contributed by atoms with Crippen molar-refractivity contribution in [3.05, 3.63) is 36.7 Å². The van der Waals surface area contributed by atoms with E-state index in [1.165, 1.54) is 44.5 Å². The highest BCUT2D eigenvalue weighted by Crippen LogP contribution is 2.37. The standard InChI is InChI=1S/C16H20N4/c1-2-11-19(10-1)14-5-3-13(4-6-14)18-16-17-9-12-20(16)15-7-8-15/h3-6,9,12,15H,1-2,7-8,10-11H2,(H,17,18). The molecule has 0 atom stereocenters. The smallest absolute Gasteiger partial charge is 0.207 e. The van der Waals surface area contributed by atoms with Crippen molar-refractivity contribution in [3.63, 3.8) is 0 Å². The third-order valence-electron chi connectivity index (χ3n) is 4.20. The third-order valence-corrected chi connectivity index (χ3v) is 4.20. The van der Waals surface area contributed by atoms with Gasteiger partial charge in [0.05, 0.1) is 0 Å². The Balaban J connectivity index is 1.49.